The van der Waals surface area contributed by atoms with Crippen molar-refractivity contribution in [2.75, 3.05) is 11.4 Å². The second-order valence-electron chi connectivity index (χ2n) is 6.67. The molecule has 0 aliphatic carbocycles. The Hall–Kier alpha value is -2.82. The smallest absolute Gasteiger partial charge is 0.338 e. The molecule has 1 aromatic carbocycles. The first-order valence-corrected chi connectivity index (χ1v) is 8.14. The molecule has 1 fully saturated rings. The number of hydrogen-bond acceptors (Lipinski definition) is 4. The Morgan fingerprint density at radius 1 is 1.12 bits per heavy atom. The third kappa shape index (κ3) is 1.75. The van der Waals surface area contributed by atoms with Crippen LogP contribution in [0.3, 0.4) is 0 Å². The van der Waals surface area contributed by atoms with Gasteiger partial charge in [-0.15, -0.1) is 0 Å². The minimum atomic E-state index is -0.338. The van der Waals surface area contributed by atoms with Gasteiger partial charge in [-0.1, -0.05) is 17.7 Å². The Balaban J connectivity index is 1.72. The zero-order valence-corrected chi connectivity index (χ0v) is 13.2. The highest BCUT2D eigenvalue weighted by atomic mass is 16.4. The van der Waals surface area contributed by atoms with Gasteiger partial charge in [0, 0.05) is 29.8 Å². The van der Waals surface area contributed by atoms with Crippen LogP contribution in [-0.2, 0) is 0 Å². The van der Waals surface area contributed by atoms with Crippen LogP contribution in [0.5, 0.6) is 0 Å². The highest BCUT2D eigenvalue weighted by Crippen LogP contribution is 2.47. The van der Waals surface area contributed by atoms with Gasteiger partial charge in [-0.3, -0.25) is 4.79 Å². The van der Waals surface area contributed by atoms with E-state index in [2.05, 4.69) is 11.0 Å². The number of benzene rings is 1. The third-order valence-electron chi connectivity index (χ3n) is 5.19. The standard InChI is InChI=1S/C19H16N2O3/c1-11-5-6-17-13(7-11)15(9-19(23)24-17)20-10-12-8-16(20)14-3-2-4-18(22)21(12)14/h2-7,9,12,16H,8,10H2,1H3/t12-,16+/m1/s1. The van der Waals surface area contributed by atoms with E-state index in [1.807, 2.05) is 35.8 Å². The first kappa shape index (κ1) is 13.6. The van der Waals surface area contributed by atoms with Crippen LogP contribution < -0.4 is 16.1 Å². The summed E-state index contributed by atoms with van der Waals surface area (Å²) in [5.74, 6) is 0. The summed E-state index contributed by atoms with van der Waals surface area (Å²) in [6.07, 6.45) is 0.910. The summed E-state index contributed by atoms with van der Waals surface area (Å²) >= 11 is 0. The van der Waals surface area contributed by atoms with Gasteiger partial charge < -0.3 is 13.9 Å². The Bertz CT molecular complexity index is 1100. The van der Waals surface area contributed by atoms with E-state index in [1.165, 1.54) is 0 Å². The third-order valence-corrected chi connectivity index (χ3v) is 5.19. The molecule has 0 spiro atoms. The number of nitrogens with zero attached hydrogens (tertiary/aromatic N) is 2. The molecule has 5 nitrogen and oxygen atoms in total. The van der Waals surface area contributed by atoms with Crippen molar-refractivity contribution < 1.29 is 4.42 Å². The Morgan fingerprint density at radius 3 is 2.88 bits per heavy atom. The van der Waals surface area contributed by atoms with Crippen molar-refractivity contribution >= 4 is 16.7 Å². The van der Waals surface area contributed by atoms with Gasteiger partial charge in [0.05, 0.1) is 17.8 Å². The van der Waals surface area contributed by atoms with E-state index >= 15 is 0 Å². The predicted molar refractivity (Wildman–Crippen MR) is 91.7 cm³/mol. The van der Waals surface area contributed by atoms with Crippen LogP contribution in [0.15, 0.2) is 56.5 Å². The molecule has 0 saturated carbocycles. The molecular formula is C19H16N2O3. The lowest BCUT2D eigenvalue weighted by Gasteiger charge is -2.31. The number of anilines is 1. The quantitative estimate of drug-likeness (QED) is 0.647. The van der Waals surface area contributed by atoms with Crippen LogP contribution >= 0.6 is 0 Å². The average molecular weight is 320 g/mol. The largest absolute Gasteiger partial charge is 0.423 e. The fourth-order valence-corrected chi connectivity index (χ4v) is 4.22. The molecule has 0 N–H and O–H groups in total. The number of pyridine rings is 1. The van der Waals surface area contributed by atoms with Gasteiger partial charge in [-0.2, -0.15) is 0 Å². The van der Waals surface area contributed by atoms with E-state index in [-0.39, 0.29) is 23.3 Å². The summed E-state index contributed by atoms with van der Waals surface area (Å²) in [6.45, 7) is 2.77. The van der Waals surface area contributed by atoms with Gasteiger partial charge in [-0.25, -0.2) is 4.79 Å². The second-order valence-corrected chi connectivity index (χ2v) is 6.67. The molecule has 2 atom stereocenters. The topological polar surface area (TPSA) is 55.5 Å². The molecule has 2 bridgehead atoms. The monoisotopic (exact) mass is 320 g/mol. The first-order chi connectivity index (χ1) is 11.6. The van der Waals surface area contributed by atoms with Gasteiger partial charge in [0.1, 0.15) is 5.58 Å². The maximum atomic E-state index is 12.1. The van der Waals surface area contributed by atoms with Crippen molar-refractivity contribution in [3.8, 4) is 0 Å². The molecule has 5 heteroatoms. The van der Waals surface area contributed by atoms with Gasteiger partial charge in [0.15, 0.2) is 0 Å². The molecule has 0 amide bonds. The SMILES string of the molecule is Cc1ccc2oc(=O)cc(N3C[C@H]4C[C@H]3c3cccc(=O)n34)c2c1. The molecular weight excluding hydrogens is 304 g/mol. The van der Waals surface area contributed by atoms with Gasteiger partial charge >= 0.3 is 5.63 Å². The summed E-state index contributed by atoms with van der Waals surface area (Å²) in [5, 5.41) is 0.951. The van der Waals surface area contributed by atoms with Crippen LogP contribution in [0.4, 0.5) is 5.69 Å². The van der Waals surface area contributed by atoms with Crippen molar-refractivity contribution in [3.05, 3.63) is 74.5 Å². The van der Waals surface area contributed by atoms with E-state index in [1.54, 1.807) is 12.1 Å². The maximum absolute atomic E-state index is 12.1. The highest BCUT2D eigenvalue weighted by molar-refractivity contribution is 5.91. The van der Waals surface area contributed by atoms with Crippen LogP contribution in [0.1, 0.15) is 29.8 Å². The predicted octanol–water partition coefficient (Wildman–Crippen LogP) is 2.77. The van der Waals surface area contributed by atoms with Gasteiger partial charge in [0.25, 0.3) is 5.56 Å². The van der Waals surface area contributed by atoms with E-state index < -0.39 is 0 Å². The molecule has 5 rings (SSSR count). The van der Waals surface area contributed by atoms with Gasteiger partial charge in [0.2, 0.25) is 0 Å². The van der Waals surface area contributed by atoms with E-state index in [0.717, 1.165) is 35.3 Å². The molecule has 24 heavy (non-hydrogen) atoms. The number of aromatic nitrogens is 1. The van der Waals surface area contributed by atoms with Crippen LogP contribution in [-0.4, -0.2) is 11.1 Å². The maximum Gasteiger partial charge on any atom is 0.338 e. The second kappa shape index (κ2) is 4.60. The van der Waals surface area contributed by atoms with Crippen LogP contribution in [0, 0.1) is 6.92 Å². The van der Waals surface area contributed by atoms with Crippen molar-refractivity contribution in [2.45, 2.75) is 25.4 Å². The summed E-state index contributed by atoms with van der Waals surface area (Å²) in [5.41, 5.74) is 3.39. The van der Waals surface area contributed by atoms with E-state index in [9.17, 15) is 9.59 Å². The Morgan fingerprint density at radius 2 is 2.00 bits per heavy atom. The zero-order valence-electron chi connectivity index (χ0n) is 13.2. The summed E-state index contributed by atoms with van der Waals surface area (Å²) in [6, 6.07) is 13.2. The Kier molecular flexibility index (Phi) is 2.61. The van der Waals surface area contributed by atoms with Gasteiger partial charge in [-0.05, 0) is 31.5 Å². The number of aryl methyl sites for hydroxylation is 1. The minimum Gasteiger partial charge on any atom is -0.423 e. The Labute approximate surface area is 137 Å². The van der Waals surface area contributed by atoms with E-state index in [4.69, 9.17) is 4.42 Å². The van der Waals surface area contributed by atoms with Crippen molar-refractivity contribution in [1.29, 1.82) is 0 Å². The number of rotatable bonds is 1. The molecule has 1 saturated heterocycles. The molecule has 2 aliphatic heterocycles. The van der Waals surface area contributed by atoms with E-state index in [0.29, 0.717) is 5.58 Å². The molecule has 3 aromatic rings. The van der Waals surface area contributed by atoms with Crippen LogP contribution in [0.25, 0.3) is 11.0 Å². The van der Waals surface area contributed by atoms with Crippen molar-refractivity contribution in [2.24, 2.45) is 0 Å². The summed E-state index contributed by atoms with van der Waals surface area (Å²) < 4.78 is 7.25. The summed E-state index contributed by atoms with van der Waals surface area (Å²) in [4.78, 5) is 26.4. The van der Waals surface area contributed by atoms with Crippen molar-refractivity contribution in [3.63, 3.8) is 0 Å². The minimum absolute atomic E-state index is 0.0629. The van der Waals surface area contributed by atoms with Crippen molar-refractivity contribution in [1.82, 2.24) is 4.57 Å². The molecule has 0 unspecified atom stereocenters. The molecule has 2 aliphatic rings. The average Bonchev–Trinajstić information content (AvgIpc) is 3.14. The normalized spacial score (nSPS) is 21.5. The number of hydrogen-bond donors (Lipinski definition) is 0. The molecule has 2 aromatic heterocycles. The lowest BCUT2D eigenvalue weighted by Crippen LogP contribution is -2.35. The molecule has 120 valence electrons. The first-order valence-electron chi connectivity index (χ1n) is 8.14. The fourth-order valence-electron chi connectivity index (χ4n) is 4.22. The lowest BCUT2D eigenvalue weighted by atomic mass is 10.1. The fraction of sp³-hybridized carbons (Fsp3) is 0.263. The lowest BCUT2D eigenvalue weighted by molar-refractivity contribution is 0.543. The van der Waals surface area contributed by atoms with Crippen LogP contribution in [0.2, 0.25) is 0 Å². The molecule has 4 heterocycles. The molecule has 0 radical (unpaired) electrons. The zero-order chi connectivity index (χ0) is 16.4. The summed E-state index contributed by atoms with van der Waals surface area (Å²) in [7, 11) is 0. The highest BCUT2D eigenvalue weighted by Gasteiger charge is 2.43. The number of fused-ring (bicyclic) bond motifs is 6.